The molecular weight excluding hydrogens is 469 g/mol. The fraction of sp³-hybridized carbons (Fsp3) is 0.211. The number of nitrogens with zero attached hydrogens (tertiary/aromatic N) is 2. The monoisotopic (exact) mass is 482 g/mol. The van der Waals surface area contributed by atoms with Crippen LogP contribution < -0.4 is 4.74 Å². The standard InChI is InChI=1S/C19H13F7N2O3S/c1-10-7-12(4-5-15(10)31-19(24,25)26)28-14(9-17(27-28)18(21,22)23)11-3-6-16(13(20)8-11)32(2,29)30/h3-9H,1-2H3. The molecule has 1 aromatic heterocycles. The second kappa shape index (κ2) is 7.80. The minimum atomic E-state index is -4.97. The van der Waals surface area contributed by atoms with Crippen LogP contribution in [0.4, 0.5) is 30.7 Å². The Bertz CT molecular complexity index is 1280. The van der Waals surface area contributed by atoms with E-state index in [0.717, 1.165) is 47.3 Å². The molecule has 3 aromatic rings. The van der Waals surface area contributed by atoms with Crippen molar-refractivity contribution in [3.05, 3.63) is 59.5 Å². The summed E-state index contributed by atoms with van der Waals surface area (Å²) < 4.78 is 119. The SMILES string of the molecule is Cc1cc(-n2nc(C(F)(F)F)cc2-c2ccc(S(C)(=O)=O)c(F)c2)ccc1OC(F)(F)F. The molecule has 0 fully saturated rings. The van der Waals surface area contributed by atoms with Crippen molar-refractivity contribution < 1.29 is 43.9 Å². The zero-order valence-electron chi connectivity index (χ0n) is 16.2. The molecular formula is C19H13F7N2O3S. The van der Waals surface area contributed by atoms with E-state index in [0.29, 0.717) is 6.07 Å². The molecule has 5 nitrogen and oxygen atoms in total. The van der Waals surface area contributed by atoms with Crippen LogP contribution in [0.5, 0.6) is 5.75 Å². The number of hydrogen-bond acceptors (Lipinski definition) is 4. The Hall–Kier alpha value is -3.09. The van der Waals surface area contributed by atoms with Crippen LogP contribution in [0.15, 0.2) is 47.4 Å². The summed E-state index contributed by atoms with van der Waals surface area (Å²) in [6.07, 6.45) is -9.07. The maximum absolute atomic E-state index is 14.3. The van der Waals surface area contributed by atoms with Gasteiger partial charge in [0.2, 0.25) is 0 Å². The molecule has 0 spiro atoms. The third-order valence-electron chi connectivity index (χ3n) is 4.26. The lowest BCUT2D eigenvalue weighted by atomic mass is 10.1. The Balaban J connectivity index is 2.17. The molecule has 0 radical (unpaired) electrons. The van der Waals surface area contributed by atoms with Gasteiger partial charge in [0, 0.05) is 11.8 Å². The maximum atomic E-state index is 14.3. The Morgan fingerprint density at radius 1 is 0.969 bits per heavy atom. The quantitative estimate of drug-likeness (QED) is 0.473. The summed E-state index contributed by atoms with van der Waals surface area (Å²) in [5.41, 5.74) is -1.84. The number of hydrogen-bond donors (Lipinski definition) is 0. The van der Waals surface area contributed by atoms with E-state index >= 15 is 0 Å². The fourth-order valence-electron chi connectivity index (χ4n) is 2.89. The Morgan fingerprint density at radius 3 is 2.12 bits per heavy atom. The predicted molar refractivity (Wildman–Crippen MR) is 98.5 cm³/mol. The number of halogens is 7. The van der Waals surface area contributed by atoms with Gasteiger partial charge in [-0.15, -0.1) is 13.2 Å². The molecule has 172 valence electrons. The van der Waals surface area contributed by atoms with Crippen molar-refractivity contribution in [1.29, 1.82) is 0 Å². The summed E-state index contributed by atoms with van der Waals surface area (Å²) in [6, 6.07) is 6.41. The summed E-state index contributed by atoms with van der Waals surface area (Å²) in [6.45, 7) is 1.25. The molecule has 0 saturated heterocycles. The summed E-state index contributed by atoms with van der Waals surface area (Å²) in [5, 5.41) is 3.46. The van der Waals surface area contributed by atoms with Crippen LogP contribution in [-0.4, -0.2) is 30.8 Å². The number of rotatable bonds is 4. The van der Waals surface area contributed by atoms with Gasteiger partial charge in [-0.1, -0.05) is 6.07 Å². The van der Waals surface area contributed by atoms with Crippen molar-refractivity contribution in [3.63, 3.8) is 0 Å². The van der Waals surface area contributed by atoms with E-state index in [-0.39, 0.29) is 22.5 Å². The molecule has 2 aromatic carbocycles. The first-order valence-electron chi connectivity index (χ1n) is 8.60. The lowest BCUT2D eigenvalue weighted by Crippen LogP contribution is -2.17. The van der Waals surface area contributed by atoms with Crippen LogP contribution in [0.25, 0.3) is 16.9 Å². The molecule has 0 amide bonds. The van der Waals surface area contributed by atoms with Crippen LogP contribution >= 0.6 is 0 Å². The van der Waals surface area contributed by atoms with Gasteiger partial charge in [0.25, 0.3) is 0 Å². The second-order valence-corrected chi connectivity index (χ2v) is 8.72. The highest BCUT2D eigenvalue weighted by Gasteiger charge is 2.36. The molecule has 0 atom stereocenters. The molecule has 0 aliphatic carbocycles. The second-order valence-electron chi connectivity index (χ2n) is 6.74. The van der Waals surface area contributed by atoms with Crippen molar-refractivity contribution >= 4 is 9.84 Å². The van der Waals surface area contributed by atoms with Crippen molar-refractivity contribution in [2.75, 3.05) is 6.26 Å². The topological polar surface area (TPSA) is 61.2 Å². The smallest absolute Gasteiger partial charge is 0.406 e. The third kappa shape index (κ3) is 5.03. The Labute approximate surface area is 177 Å². The number of ether oxygens (including phenoxy) is 1. The molecule has 0 aliphatic heterocycles. The van der Waals surface area contributed by atoms with E-state index in [4.69, 9.17) is 0 Å². The number of aryl methyl sites for hydroxylation is 1. The van der Waals surface area contributed by atoms with Gasteiger partial charge < -0.3 is 4.74 Å². The van der Waals surface area contributed by atoms with Crippen LogP contribution in [0.2, 0.25) is 0 Å². The molecule has 13 heteroatoms. The summed E-state index contributed by atoms with van der Waals surface area (Å²) in [4.78, 5) is -0.646. The van der Waals surface area contributed by atoms with Gasteiger partial charge in [0.1, 0.15) is 16.5 Å². The summed E-state index contributed by atoms with van der Waals surface area (Å²) >= 11 is 0. The van der Waals surface area contributed by atoms with Crippen molar-refractivity contribution in [3.8, 4) is 22.7 Å². The molecule has 3 rings (SSSR count). The van der Waals surface area contributed by atoms with Crippen molar-refractivity contribution in [1.82, 2.24) is 9.78 Å². The first kappa shape index (κ1) is 23.6. The fourth-order valence-corrected chi connectivity index (χ4v) is 3.62. The van der Waals surface area contributed by atoms with Gasteiger partial charge in [0.15, 0.2) is 15.5 Å². The molecule has 0 unspecified atom stereocenters. The van der Waals surface area contributed by atoms with Gasteiger partial charge in [0.05, 0.1) is 11.4 Å². The van der Waals surface area contributed by atoms with Crippen molar-refractivity contribution in [2.24, 2.45) is 0 Å². The van der Waals surface area contributed by atoms with E-state index in [2.05, 4.69) is 9.84 Å². The Morgan fingerprint density at radius 2 is 1.62 bits per heavy atom. The Kier molecular flexibility index (Phi) is 5.74. The van der Waals surface area contributed by atoms with Gasteiger partial charge in [-0.05, 0) is 48.9 Å². The lowest BCUT2D eigenvalue weighted by molar-refractivity contribution is -0.274. The number of aromatic nitrogens is 2. The predicted octanol–water partition coefficient (Wildman–Crippen LogP) is 5.31. The molecule has 0 N–H and O–H groups in total. The first-order chi connectivity index (χ1) is 14.6. The van der Waals surface area contributed by atoms with E-state index in [1.807, 2.05) is 0 Å². The van der Waals surface area contributed by atoms with E-state index in [1.165, 1.54) is 6.92 Å². The normalized spacial score (nSPS) is 12.8. The molecule has 1 heterocycles. The largest absolute Gasteiger partial charge is 0.573 e. The van der Waals surface area contributed by atoms with Crippen LogP contribution in [0.3, 0.4) is 0 Å². The number of sulfone groups is 1. The van der Waals surface area contributed by atoms with E-state index < -0.39 is 44.5 Å². The molecule has 32 heavy (non-hydrogen) atoms. The van der Waals surface area contributed by atoms with Gasteiger partial charge >= 0.3 is 12.5 Å². The van der Waals surface area contributed by atoms with Gasteiger partial charge in [-0.2, -0.15) is 18.3 Å². The molecule has 0 bridgehead atoms. The van der Waals surface area contributed by atoms with Crippen LogP contribution in [0.1, 0.15) is 11.3 Å². The van der Waals surface area contributed by atoms with Gasteiger partial charge in [-0.3, -0.25) is 0 Å². The zero-order valence-corrected chi connectivity index (χ0v) is 17.0. The third-order valence-corrected chi connectivity index (χ3v) is 5.39. The average Bonchev–Trinajstić information content (AvgIpc) is 3.07. The van der Waals surface area contributed by atoms with E-state index in [1.54, 1.807) is 0 Å². The molecule has 0 aliphatic rings. The first-order valence-corrected chi connectivity index (χ1v) is 10.5. The molecule has 0 saturated carbocycles. The summed E-state index contributed by atoms with van der Waals surface area (Å²) in [7, 11) is -3.92. The minimum Gasteiger partial charge on any atom is -0.406 e. The zero-order chi connectivity index (χ0) is 24.1. The highest BCUT2D eigenvalue weighted by molar-refractivity contribution is 7.90. The summed E-state index contributed by atoms with van der Waals surface area (Å²) in [5.74, 6) is -1.74. The van der Waals surface area contributed by atoms with Crippen molar-refractivity contribution in [2.45, 2.75) is 24.4 Å². The highest BCUT2D eigenvalue weighted by atomic mass is 32.2. The maximum Gasteiger partial charge on any atom is 0.573 e. The van der Waals surface area contributed by atoms with E-state index in [9.17, 15) is 39.2 Å². The lowest BCUT2D eigenvalue weighted by Gasteiger charge is -2.14. The number of benzene rings is 2. The minimum absolute atomic E-state index is 0.0477. The average molecular weight is 482 g/mol. The highest BCUT2D eigenvalue weighted by Crippen LogP contribution is 2.35. The number of alkyl halides is 6. The van der Waals surface area contributed by atoms with Crippen LogP contribution in [-0.2, 0) is 16.0 Å². The van der Waals surface area contributed by atoms with Crippen LogP contribution in [0, 0.1) is 12.7 Å². The van der Waals surface area contributed by atoms with Gasteiger partial charge in [-0.25, -0.2) is 17.5 Å².